The lowest BCUT2D eigenvalue weighted by Crippen LogP contribution is -2.54. The highest BCUT2D eigenvalue weighted by Gasteiger charge is 2.45. The lowest BCUT2D eigenvalue weighted by molar-refractivity contribution is -0.136. The zero-order valence-corrected chi connectivity index (χ0v) is 34.4. The second-order valence-electron chi connectivity index (χ2n) is 15.7. The van der Waals surface area contributed by atoms with Crippen LogP contribution in [0.4, 0.5) is 11.6 Å². The van der Waals surface area contributed by atoms with Crippen LogP contribution in [0, 0.1) is 5.92 Å². The first-order valence-electron chi connectivity index (χ1n) is 19.9. The summed E-state index contributed by atoms with van der Waals surface area (Å²) in [6.07, 6.45) is 3.18. The molecular weight excluding hydrogens is 817 g/mol. The van der Waals surface area contributed by atoms with E-state index in [2.05, 4.69) is 30.2 Å². The number of piperidine rings is 2. The quantitative estimate of drug-likeness (QED) is 0.213. The molecule has 0 saturated carbocycles. The number of hydrogen-bond acceptors (Lipinski definition) is 13. The summed E-state index contributed by atoms with van der Waals surface area (Å²) in [5.41, 5.74) is 1.59. The van der Waals surface area contributed by atoms with Gasteiger partial charge in [0.15, 0.2) is 11.2 Å². The Kier molecular flexibility index (Phi) is 10.3. The van der Waals surface area contributed by atoms with E-state index in [0.29, 0.717) is 40.6 Å². The molecule has 4 amide bonds. The van der Waals surface area contributed by atoms with E-state index in [4.69, 9.17) is 32.6 Å². The van der Waals surface area contributed by atoms with Crippen LogP contribution >= 0.6 is 23.2 Å². The van der Waals surface area contributed by atoms with Gasteiger partial charge in [-0.25, -0.2) is 4.79 Å². The van der Waals surface area contributed by atoms with Crippen molar-refractivity contribution in [3.8, 4) is 11.5 Å². The highest BCUT2D eigenvalue weighted by molar-refractivity contribution is 6.42. The summed E-state index contributed by atoms with van der Waals surface area (Å²) in [5, 5.41) is 11.4. The summed E-state index contributed by atoms with van der Waals surface area (Å²) >= 11 is 12.3. The molecule has 312 valence electrons. The van der Waals surface area contributed by atoms with Crippen molar-refractivity contribution in [2.24, 2.45) is 20.0 Å². The molecule has 5 aromatic rings. The third kappa shape index (κ3) is 7.05. The number of imide groups is 2. The van der Waals surface area contributed by atoms with Crippen molar-refractivity contribution in [1.82, 2.24) is 44.0 Å². The third-order valence-corrected chi connectivity index (χ3v) is 12.9. The van der Waals surface area contributed by atoms with E-state index in [9.17, 15) is 28.8 Å². The lowest BCUT2D eigenvalue weighted by atomic mass is 9.92. The van der Waals surface area contributed by atoms with Crippen LogP contribution in [0.1, 0.15) is 58.7 Å². The molecule has 1 atom stereocenters. The first kappa shape index (κ1) is 39.6. The number of aromatic nitrogens is 6. The van der Waals surface area contributed by atoms with Crippen LogP contribution in [-0.4, -0.2) is 114 Å². The largest absolute Gasteiger partial charge is 0.419 e. The molecule has 3 fully saturated rings. The molecule has 18 nitrogen and oxygen atoms in total. The molecule has 9 rings (SSSR count). The van der Waals surface area contributed by atoms with E-state index in [1.165, 1.54) is 11.6 Å². The first-order valence-corrected chi connectivity index (χ1v) is 20.6. The number of amides is 4. The standard InChI is InChI=1S/C40H41Cl2N11O7/c1-47-33-32(38(58)48(2)40(47)59)52(21-31-45-46-35(60-31)23-3-6-27(41)28(42)19-23)39(44-33)51-17-15-49(16-18-51)12-9-22-10-13-50(14-11-22)24-4-5-25-26(20-24)37(57)53(36(25)56)29-7-8-30(54)43-34(29)55/h3-6,19-20,22,29H,7-18,21H2,1-2H3,(H,43,54,55). The monoisotopic (exact) mass is 857 g/mol. The number of benzene rings is 2. The van der Waals surface area contributed by atoms with Gasteiger partial charge in [-0.2, -0.15) is 4.98 Å². The van der Waals surface area contributed by atoms with E-state index in [1.807, 2.05) is 6.07 Å². The Morgan fingerprint density at radius 1 is 0.800 bits per heavy atom. The maximum absolute atomic E-state index is 13.6. The number of anilines is 2. The molecule has 3 aromatic heterocycles. The Balaban J connectivity index is 0.826. The van der Waals surface area contributed by atoms with Gasteiger partial charge in [-0.3, -0.25) is 52.8 Å². The Bertz CT molecular complexity index is 2710. The number of carbonyl (C=O) groups excluding carboxylic acids is 4. The van der Waals surface area contributed by atoms with Gasteiger partial charge in [-0.15, -0.1) is 10.2 Å². The van der Waals surface area contributed by atoms with Crippen molar-refractivity contribution in [3.63, 3.8) is 0 Å². The van der Waals surface area contributed by atoms with Crippen molar-refractivity contribution in [3.05, 3.63) is 84.3 Å². The molecule has 7 heterocycles. The number of imidazole rings is 1. The second kappa shape index (κ2) is 15.6. The summed E-state index contributed by atoms with van der Waals surface area (Å²) in [7, 11) is 3.04. The molecule has 0 spiro atoms. The predicted molar refractivity (Wildman–Crippen MR) is 220 cm³/mol. The number of nitrogens with zero attached hydrogens (tertiary/aromatic N) is 10. The minimum atomic E-state index is -0.993. The third-order valence-electron chi connectivity index (χ3n) is 12.2. The zero-order valence-electron chi connectivity index (χ0n) is 32.9. The number of fused-ring (bicyclic) bond motifs is 2. The molecular formula is C40H41Cl2N11O7. The van der Waals surface area contributed by atoms with E-state index >= 15 is 0 Å². The molecule has 4 aliphatic heterocycles. The van der Waals surface area contributed by atoms with Gasteiger partial charge in [-0.05, 0) is 74.5 Å². The fourth-order valence-corrected chi connectivity index (χ4v) is 9.00. The molecule has 3 saturated heterocycles. The molecule has 0 bridgehead atoms. The zero-order chi connectivity index (χ0) is 42.0. The van der Waals surface area contributed by atoms with E-state index in [-0.39, 0.29) is 53.5 Å². The average Bonchev–Trinajstić information content (AvgIpc) is 3.94. The Morgan fingerprint density at radius 3 is 2.28 bits per heavy atom. The molecule has 0 aliphatic carbocycles. The van der Waals surface area contributed by atoms with Crippen LogP contribution in [0.2, 0.25) is 10.0 Å². The fourth-order valence-electron chi connectivity index (χ4n) is 8.70. The molecule has 2 aromatic carbocycles. The predicted octanol–water partition coefficient (Wildman–Crippen LogP) is 2.67. The van der Waals surface area contributed by atoms with Crippen LogP contribution in [0.5, 0.6) is 0 Å². The maximum atomic E-state index is 13.6. The number of carbonyl (C=O) groups is 4. The van der Waals surface area contributed by atoms with Gasteiger partial charge in [-0.1, -0.05) is 23.2 Å². The van der Waals surface area contributed by atoms with Crippen molar-refractivity contribution in [2.45, 2.75) is 44.7 Å². The maximum Gasteiger partial charge on any atom is 0.332 e. The summed E-state index contributed by atoms with van der Waals surface area (Å²) < 4.78 is 10.2. The molecule has 60 heavy (non-hydrogen) atoms. The first-order chi connectivity index (χ1) is 28.9. The van der Waals surface area contributed by atoms with Crippen molar-refractivity contribution in [1.29, 1.82) is 0 Å². The van der Waals surface area contributed by atoms with Crippen LogP contribution in [-0.2, 0) is 30.2 Å². The molecule has 4 aliphatic rings. The molecule has 20 heteroatoms. The lowest BCUT2D eigenvalue weighted by Gasteiger charge is -2.37. The molecule has 0 radical (unpaired) electrons. The number of piperazine rings is 1. The number of aryl methyl sites for hydroxylation is 1. The number of nitrogens with one attached hydrogen (secondary N) is 1. The van der Waals surface area contributed by atoms with Gasteiger partial charge >= 0.3 is 5.69 Å². The van der Waals surface area contributed by atoms with Crippen molar-refractivity contribution < 1.29 is 23.6 Å². The van der Waals surface area contributed by atoms with E-state index in [1.54, 1.807) is 41.9 Å². The van der Waals surface area contributed by atoms with Crippen molar-refractivity contribution >= 4 is 69.6 Å². The highest BCUT2D eigenvalue weighted by atomic mass is 35.5. The molecule has 1 N–H and O–H groups in total. The number of rotatable bonds is 9. The molecule has 1 unspecified atom stereocenters. The number of hydrogen-bond donors (Lipinski definition) is 1. The van der Waals surface area contributed by atoms with Crippen LogP contribution < -0.4 is 26.4 Å². The van der Waals surface area contributed by atoms with Gasteiger partial charge in [0.05, 0.1) is 21.2 Å². The van der Waals surface area contributed by atoms with Crippen LogP contribution in [0.3, 0.4) is 0 Å². The van der Waals surface area contributed by atoms with Gasteiger partial charge in [0.25, 0.3) is 17.4 Å². The topological polar surface area (TPSA) is 194 Å². The van der Waals surface area contributed by atoms with Gasteiger partial charge in [0.2, 0.25) is 29.5 Å². The Morgan fingerprint density at radius 2 is 1.55 bits per heavy atom. The summed E-state index contributed by atoms with van der Waals surface area (Å²) in [6.45, 7) is 5.44. The fraction of sp³-hybridized carbons (Fsp3) is 0.425. The van der Waals surface area contributed by atoms with E-state index < -0.39 is 40.9 Å². The van der Waals surface area contributed by atoms with Crippen LogP contribution in [0.15, 0.2) is 50.4 Å². The average molecular weight is 859 g/mol. The Labute approximate surface area is 352 Å². The minimum absolute atomic E-state index is 0.0488. The Hall–Kier alpha value is -5.85. The summed E-state index contributed by atoms with van der Waals surface area (Å²) in [6, 6.07) is 9.30. The number of halogens is 2. The smallest absolute Gasteiger partial charge is 0.332 e. The van der Waals surface area contributed by atoms with Crippen molar-refractivity contribution in [2.75, 3.05) is 55.6 Å². The summed E-state index contributed by atoms with van der Waals surface area (Å²) in [5.74, 6) is -0.504. The highest BCUT2D eigenvalue weighted by Crippen LogP contribution is 2.33. The van der Waals surface area contributed by atoms with Gasteiger partial charge in [0, 0.05) is 71.0 Å². The minimum Gasteiger partial charge on any atom is -0.419 e. The van der Waals surface area contributed by atoms with Gasteiger partial charge in [0.1, 0.15) is 12.6 Å². The second-order valence-corrected chi connectivity index (χ2v) is 16.5. The summed E-state index contributed by atoms with van der Waals surface area (Å²) in [4.78, 5) is 89.7. The van der Waals surface area contributed by atoms with E-state index in [0.717, 1.165) is 67.1 Å². The van der Waals surface area contributed by atoms with Gasteiger partial charge < -0.3 is 14.2 Å². The van der Waals surface area contributed by atoms with Crippen LogP contribution in [0.25, 0.3) is 22.6 Å². The SMILES string of the molecule is Cn1c(=O)c2c(nc(N3CCN(CCC4CCN(c5ccc6c(c5)C(=O)N(C5CCC(=O)NC5=O)C6=O)CC4)CC3)n2Cc2nnc(-c3ccc(Cl)c(Cl)c3)o2)n(C)c1=O. The normalized spacial score (nSPS) is 19.2.